The van der Waals surface area contributed by atoms with Crippen LogP contribution in [0.4, 0.5) is 0 Å². The van der Waals surface area contributed by atoms with Crippen LogP contribution in [0.25, 0.3) is 0 Å². The van der Waals surface area contributed by atoms with Crippen LogP contribution in [0.1, 0.15) is 27.7 Å². The monoisotopic (exact) mass is 242 g/mol. The predicted octanol–water partition coefficient (Wildman–Crippen LogP) is 1.21. The zero-order valence-corrected chi connectivity index (χ0v) is 12.0. The van der Waals surface area contributed by atoms with Crippen LogP contribution < -0.4 is 0 Å². The topological polar surface area (TPSA) is 32.8 Å². The maximum atomic E-state index is 11.6. The van der Waals surface area contributed by atoms with Crippen LogP contribution in [0, 0.1) is 5.92 Å². The summed E-state index contributed by atoms with van der Waals surface area (Å²) in [7, 11) is 3.62. The first kappa shape index (κ1) is 14.5. The lowest BCUT2D eigenvalue weighted by Crippen LogP contribution is -2.60. The molecule has 4 nitrogen and oxygen atoms in total. The molecule has 1 aliphatic rings. The van der Waals surface area contributed by atoms with Gasteiger partial charge in [0, 0.05) is 31.2 Å². The van der Waals surface area contributed by atoms with Gasteiger partial charge in [-0.05, 0) is 27.8 Å². The van der Waals surface area contributed by atoms with Gasteiger partial charge in [0.2, 0.25) is 0 Å². The highest BCUT2D eigenvalue weighted by Crippen LogP contribution is 2.23. The van der Waals surface area contributed by atoms with Crippen molar-refractivity contribution < 1.29 is 9.53 Å². The summed E-state index contributed by atoms with van der Waals surface area (Å²) in [5.41, 5.74) is 0.169. The molecular formula is C13H26N2O2. The van der Waals surface area contributed by atoms with Crippen LogP contribution in [0.2, 0.25) is 0 Å². The molecule has 2 unspecified atom stereocenters. The molecule has 1 saturated heterocycles. The fourth-order valence-corrected chi connectivity index (χ4v) is 2.32. The minimum absolute atomic E-state index is 0.0702. The molecule has 0 aromatic heterocycles. The van der Waals surface area contributed by atoms with Crippen LogP contribution in [-0.4, -0.2) is 61.1 Å². The highest BCUT2D eigenvalue weighted by Gasteiger charge is 2.35. The summed E-state index contributed by atoms with van der Waals surface area (Å²) in [6, 6.07) is 0.232. The molecule has 1 fully saturated rings. The van der Waals surface area contributed by atoms with Crippen LogP contribution in [0.3, 0.4) is 0 Å². The number of rotatable bonds is 3. The lowest BCUT2D eigenvalue weighted by Gasteiger charge is -2.48. The van der Waals surface area contributed by atoms with E-state index in [9.17, 15) is 4.79 Å². The van der Waals surface area contributed by atoms with Gasteiger partial charge in [-0.2, -0.15) is 0 Å². The summed E-state index contributed by atoms with van der Waals surface area (Å²) in [6.45, 7) is 11.6. The van der Waals surface area contributed by atoms with Crippen molar-refractivity contribution in [3.05, 3.63) is 0 Å². The Morgan fingerprint density at radius 1 is 1.29 bits per heavy atom. The molecule has 100 valence electrons. The third-order valence-electron chi connectivity index (χ3n) is 4.22. The summed E-state index contributed by atoms with van der Waals surface area (Å²) >= 11 is 0. The number of methoxy groups -OCH3 is 1. The van der Waals surface area contributed by atoms with Gasteiger partial charge >= 0.3 is 5.97 Å². The number of carbonyl (C=O) groups is 1. The Morgan fingerprint density at radius 2 is 1.88 bits per heavy atom. The van der Waals surface area contributed by atoms with E-state index in [1.54, 1.807) is 0 Å². The van der Waals surface area contributed by atoms with Crippen molar-refractivity contribution in [2.75, 3.05) is 33.8 Å². The third kappa shape index (κ3) is 3.19. The van der Waals surface area contributed by atoms with E-state index in [0.717, 1.165) is 19.6 Å². The van der Waals surface area contributed by atoms with Gasteiger partial charge in [-0.25, -0.2) is 0 Å². The SMILES string of the molecule is COC(=O)C(C)C(C)N1CCN(C)C(C)(C)C1. The Kier molecular flexibility index (Phi) is 4.55. The minimum Gasteiger partial charge on any atom is -0.469 e. The zero-order chi connectivity index (χ0) is 13.2. The number of likely N-dealkylation sites (N-methyl/N-ethyl adjacent to an activating group) is 1. The normalized spacial score (nSPS) is 25.3. The molecule has 2 atom stereocenters. The molecule has 1 heterocycles. The van der Waals surface area contributed by atoms with Gasteiger partial charge in [-0.3, -0.25) is 14.6 Å². The molecule has 0 spiro atoms. The quantitative estimate of drug-likeness (QED) is 0.697. The van der Waals surface area contributed by atoms with Gasteiger partial charge in [0.25, 0.3) is 0 Å². The Labute approximate surface area is 105 Å². The number of hydrogen-bond acceptors (Lipinski definition) is 4. The lowest BCUT2D eigenvalue weighted by atomic mass is 9.95. The second kappa shape index (κ2) is 5.36. The maximum absolute atomic E-state index is 11.6. The summed E-state index contributed by atoms with van der Waals surface area (Å²) < 4.78 is 4.82. The lowest BCUT2D eigenvalue weighted by molar-refractivity contribution is -0.147. The van der Waals surface area contributed by atoms with E-state index in [1.165, 1.54) is 7.11 Å². The van der Waals surface area contributed by atoms with E-state index < -0.39 is 0 Å². The fourth-order valence-electron chi connectivity index (χ4n) is 2.32. The standard InChI is InChI=1S/C13H26N2O2/c1-10(12(16)17-6)11(2)15-8-7-14(5)13(3,4)9-15/h10-11H,7-9H2,1-6H3. The number of hydrogen-bond donors (Lipinski definition) is 0. The van der Waals surface area contributed by atoms with Crippen molar-refractivity contribution >= 4 is 5.97 Å². The van der Waals surface area contributed by atoms with Gasteiger partial charge in [0.05, 0.1) is 13.0 Å². The highest BCUT2D eigenvalue weighted by molar-refractivity contribution is 5.72. The highest BCUT2D eigenvalue weighted by atomic mass is 16.5. The van der Waals surface area contributed by atoms with Crippen LogP contribution in [0.5, 0.6) is 0 Å². The van der Waals surface area contributed by atoms with E-state index in [0.29, 0.717) is 0 Å². The van der Waals surface area contributed by atoms with Gasteiger partial charge in [0.15, 0.2) is 0 Å². The maximum Gasteiger partial charge on any atom is 0.309 e. The van der Waals surface area contributed by atoms with Crippen molar-refractivity contribution in [1.82, 2.24) is 9.80 Å². The number of ether oxygens (including phenoxy) is 1. The molecule has 1 rings (SSSR count). The van der Waals surface area contributed by atoms with Gasteiger partial charge in [0.1, 0.15) is 0 Å². The number of piperazine rings is 1. The zero-order valence-electron chi connectivity index (χ0n) is 12.0. The van der Waals surface area contributed by atoms with E-state index in [2.05, 4.69) is 37.6 Å². The Bertz CT molecular complexity index is 279. The van der Waals surface area contributed by atoms with E-state index in [4.69, 9.17) is 4.74 Å². The molecule has 17 heavy (non-hydrogen) atoms. The van der Waals surface area contributed by atoms with Crippen molar-refractivity contribution in [3.63, 3.8) is 0 Å². The molecule has 0 aromatic carbocycles. The molecule has 0 aliphatic carbocycles. The summed E-state index contributed by atoms with van der Waals surface area (Å²) in [6.07, 6.45) is 0. The van der Waals surface area contributed by atoms with Gasteiger partial charge < -0.3 is 4.74 Å². The van der Waals surface area contributed by atoms with Crippen LogP contribution in [0.15, 0.2) is 0 Å². The average Bonchev–Trinajstić information content (AvgIpc) is 2.29. The third-order valence-corrected chi connectivity index (χ3v) is 4.22. The van der Waals surface area contributed by atoms with Crippen molar-refractivity contribution in [2.24, 2.45) is 5.92 Å². The van der Waals surface area contributed by atoms with Crippen LogP contribution in [-0.2, 0) is 9.53 Å². The van der Waals surface area contributed by atoms with Crippen molar-refractivity contribution in [1.29, 1.82) is 0 Å². The molecule has 0 aromatic rings. The molecule has 0 bridgehead atoms. The Balaban J connectivity index is 2.65. The van der Waals surface area contributed by atoms with E-state index in [1.807, 2.05) is 6.92 Å². The summed E-state index contributed by atoms with van der Waals surface area (Å²) in [4.78, 5) is 16.3. The van der Waals surface area contributed by atoms with Crippen LogP contribution >= 0.6 is 0 Å². The second-order valence-corrected chi connectivity index (χ2v) is 5.76. The van der Waals surface area contributed by atoms with E-state index in [-0.39, 0.29) is 23.5 Å². The van der Waals surface area contributed by atoms with Crippen molar-refractivity contribution in [3.8, 4) is 0 Å². The average molecular weight is 242 g/mol. The number of carbonyl (C=O) groups excluding carboxylic acids is 1. The minimum atomic E-state index is -0.116. The molecule has 0 N–H and O–H groups in total. The molecule has 1 aliphatic heterocycles. The van der Waals surface area contributed by atoms with E-state index >= 15 is 0 Å². The molecular weight excluding hydrogens is 216 g/mol. The first-order chi connectivity index (χ1) is 7.79. The van der Waals surface area contributed by atoms with Crippen molar-refractivity contribution in [2.45, 2.75) is 39.3 Å². The summed E-state index contributed by atoms with van der Waals surface area (Å²) in [5, 5.41) is 0. The second-order valence-electron chi connectivity index (χ2n) is 5.76. The van der Waals surface area contributed by atoms with Gasteiger partial charge in [-0.1, -0.05) is 6.92 Å². The first-order valence-corrected chi connectivity index (χ1v) is 6.32. The molecule has 4 heteroatoms. The molecule has 0 saturated carbocycles. The Morgan fingerprint density at radius 3 is 2.35 bits per heavy atom. The summed E-state index contributed by atoms with van der Waals surface area (Å²) in [5.74, 6) is -0.187. The van der Waals surface area contributed by atoms with Gasteiger partial charge in [-0.15, -0.1) is 0 Å². The largest absolute Gasteiger partial charge is 0.469 e. The Hall–Kier alpha value is -0.610. The molecule has 0 amide bonds. The first-order valence-electron chi connectivity index (χ1n) is 6.32. The fraction of sp³-hybridized carbons (Fsp3) is 0.923. The number of esters is 1. The predicted molar refractivity (Wildman–Crippen MR) is 68.9 cm³/mol. The molecule has 0 radical (unpaired) electrons. The smallest absolute Gasteiger partial charge is 0.309 e. The number of nitrogens with zero attached hydrogens (tertiary/aromatic N) is 2.